The van der Waals surface area contributed by atoms with E-state index in [4.69, 9.17) is 29.9 Å². The van der Waals surface area contributed by atoms with Gasteiger partial charge in [0.2, 0.25) is 0 Å². The van der Waals surface area contributed by atoms with E-state index >= 15 is 0 Å². The number of ether oxygens (including phenoxy) is 2. The Hall–Kier alpha value is -2.38. The predicted octanol–water partition coefficient (Wildman–Crippen LogP) is -6.27. The second-order valence-corrected chi connectivity index (χ2v) is 8.02. The molecule has 0 aliphatic carbocycles. The molecule has 0 spiro atoms. The standard InChI is InChI=1S/2C8H8O3.2C6H14NO3.2Cu.2H2O/c2*1-11-7-4-2-3-6(5-7)8(9)10;2*8-4-1-7(2-5-9)3-6-10;;;;/h2*2-5H,1H3,(H,9,10);2*8-9H,1-6H2;;;2*1H2/q;;2*-1;2*+2;;/p-2. The smallest absolute Gasteiger partial charge is 0.854 e. The molecule has 0 saturated carbocycles. The molecule has 8 N–H and O–H groups in total. The number of aromatic carboxylic acids is 2. The van der Waals surface area contributed by atoms with E-state index in [1.165, 1.54) is 38.5 Å². The molecule has 0 saturated heterocycles. The van der Waals surface area contributed by atoms with E-state index in [-0.39, 0.29) is 95.9 Å². The van der Waals surface area contributed by atoms with Crippen molar-refractivity contribution in [3.63, 3.8) is 0 Å². The van der Waals surface area contributed by atoms with E-state index in [2.05, 4.69) is 0 Å². The first-order valence-corrected chi connectivity index (χ1v) is 12.9. The number of aliphatic hydroxyl groups is 4. The van der Waals surface area contributed by atoms with Crippen molar-refractivity contribution >= 4 is 11.9 Å². The van der Waals surface area contributed by atoms with Gasteiger partial charge in [-0.05, 0) is 37.4 Å². The van der Waals surface area contributed by atoms with E-state index in [9.17, 15) is 30.0 Å². The molecule has 2 aromatic carbocycles. The number of carbonyl (C=O) groups is 2. The molecule has 0 aliphatic rings. The second kappa shape index (κ2) is 38.8. The molecule has 46 heavy (non-hydrogen) atoms. The molecule has 0 amide bonds. The van der Waals surface area contributed by atoms with Crippen molar-refractivity contribution in [2.75, 3.05) is 93.1 Å². The number of nitrogens with zero attached hydrogens (tertiary/aromatic N) is 2. The summed E-state index contributed by atoms with van der Waals surface area (Å²) in [5, 5.41) is 74.6. The van der Waals surface area contributed by atoms with Gasteiger partial charge in [-0.1, -0.05) is 24.3 Å². The zero-order valence-corrected chi connectivity index (χ0v) is 27.5. The summed E-state index contributed by atoms with van der Waals surface area (Å²) < 4.78 is 9.63. The van der Waals surface area contributed by atoms with Gasteiger partial charge in [-0.15, -0.1) is 13.2 Å². The van der Waals surface area contributed by atoms with Crippen LogP contribution < -0.4 is 29.9 Å². The van der Waals surface area contributed by atoms with Crippen LogP contribution in [-0.2, 0) is 34.1 Å². The van der Waals surface area contributed by atoms with E-state index in [0.717, 1.165) is 0 Å². The molecule has 0 fully saturated rings. The van der Waals surface area contributed by atoms with Gasteiger partial charge in [-0.25, -0.2) is 0 Å². The van der Waals surface area contributed by atoms with Crippen molar-refractivity contribution in [2.24, 2.45) is 0 Å². The minimum absolute atomic E-state index is 0. The number of aliphatic hydroxyl groups excluding tert-OH is 4. The third kappa shape index (κ3) is 30.3. The van der Waals surface area contributed by atoms with Crippen LogP contribution in [0.25, 0.3) is 0 Å². The number of carboxylic acids is 2. The molecule has 16 nitrogen and oxygen atoms in total. The Morgan fingerprint density at radius 1 is 0.609 bits per heavy atom. The molecule has 0 unspecified atom stereocenters. The summed E-state index contributed by atoms with van der Waals surface area (Å²) in [5.74, 6) is -1.34. The molecule has 0 aliphatic heterocycles. The van der Waals surface area contributed by atoms with Crippen molar-refractivity contribution in [2.45, 2.75) is 0 Å². The molecule has 18 heteroatoms. The third-order valence-corrected chi connectivity index (χ3v) is 5.09. The summed E-state index contributed by atoms with van der Waals surface area (Å²) >= 11 is 0. The van der Waals surface area contributed by atoms with E-state index < -0.39 is 11.9 Å². The van der Waals surface area contributed by atoms with E-state index in [1.54, 1.807) is 34.1 Å². The molecular formula is C28H46Cu2N2O14. The fourth-order valence-electron chi connectivity index (χ4n) is 2.99. The van der Waals surface area contributed by atoms with Crippen LogP contribution in [0, 0.1) is 0 Å². The van der Waals surface area contributed by atoms with Crippen LogP contribution in [0.15, 0.2) is 48.5 Å². The van der Waals surface area contributed by atoms with Crippen molar-refractivity contribution in [3.05, 3.63) is 59.7 Å². The minimum atomic E-state index is -1.19. The van der Waals surface area contributed by atoms with Gasteiger partial charge in [0.25, 0.3) is 0 Å². The Balaban J connectivity index is -0.000000113. The molecule has 2 rings (SSSR count). The molecule has 0 heterocycles. The zero-order chi connectivity index (χ0) is 32.2. The summed E-state index contributed by atoms with van der Waals surface area (Å²) in [4.78, 5) is 24.1. The largest absolute Gasteiger partial charge is 2.00 e. The maximum Gasteiger partial charge on any atom is 2.00 e. The van der Waals surface area contributed by atoms with Crippen LogP contribution >= 0.6 is 0 Å². The van der Waals surface area contributed by atoms with Gasteiger partial charge in [0.1, 0.15) is 11.5 Å². The topological polar surface area (TPSA) is 295 Å². The monoisotopic (exact) mass is 760 g/mol. The number of hydrogen-bond donors (Lipinski definition) is 4. The van der Waals surface area contributed by atoms with Gasteiger partial charge in [0.15, 0.2) is 0 Å². The van der Waals surface area contributed by atoms with Crippen LogP contribution in [-0.4, -0.2) is 146 Å². The van der Waals surface area contributed by atoms with Crippen LogP contribution in [0.1, 0.15) is 20.7 Å². The summed E-state index contributed by atoms with van der Waals surface area (Å²) in [6.07, 6.45) is 0. The summed E-state index contributed by atoms with van der Waals surface area (Å²) in [6.45, 7) is 2.51. The Morgan fingerprint density at radius 2 is 0.891 bits per heavy atom. The number of benzene rings is 2. The normalized spacial score (nSPS) is 9.09. The molecule has 274 valence electrons. The molecule has 2 radical (unpaired) electrons. The second-order valence-electron chi connectivity index (χ2n) is 8.02. The average Bonchev–Trinajstić information content (AvgIpc) is 2.99. The van der Waals surface area contributed by atoms with Crippen molar-refractivity contribution in [3.8, 4) is 11.5 Å². The van der Waals surface area contributed by atoms with Crippen LogP contribution in [0.4, 0.5) is 0 Å². The zero-order valence-electron chi connectivity index (χ0n) is 25.7. The number of hydrogen-bond acceptors (Lipinski definition) is 14. The fourth-order valence-corrected chi connectivity index (χ4v) is 2.99. The maximum absolute atomic E-state index is 10.3. The van der Waals surface area contributed by atoms with Crippen LogP contribution in [0.5, 0.6) is 11.5 Å². The Morgan fingerprint density at radius 3 is 1.09 bits per heavy atom. The SMILES string of the molecule is COc1cccc(C(=O)[O-])c1.COc1cccc(C(=O)[O-])c1.O.O.[Cu+2].[Cu+2].[O-]CCN(CCO)CCO.[O-]CCN(CCO)CCO. The maximum atomic E-state index is 10.3. The van der Waals surface area contributed by atoms with E-state index in [1.807, 2.05) is 0 Å². The van der Waals surface area contributed by atoms with Gasteiger partial charge >= 0.3 is 34.1 Å². The molecule has 0 aromatic heterocycles. The number of carboxylic acid groups (broad SMARTS) is 2. The molecule has 0 bridgehead atoms. The van der Waals surface area contributed by atoms with Crippen molar-refractivity contribution < 1.29 is 105 Å². The minimum Gasteiger partial charge on any atom is -0.854 e. The van der Waals surface area contributed by atoms with Gasteiger partial charge in [0.05, 0.1) is 52.6 Å². The first kappa shape index (κ1) is 56.0. The Labute approximate surface area is 290 Å². The molecule has 2 aromatic rings. The number of carbonyl (C=O) groups excluding carboxylic acids is 2. The molecule has 0 atom stereocenters. The first-order chi connectivity index (χ1) is 20.2. The van der Waals surface area contributed by atoms with Gasteiger partial charge in [0, 0.05) is 37.3 Å². The summed E-state index contributed by atoms with van der Waals surface area (Å²) in [5.41, 5.74) is 0.258. The fraction of sp³-hybridized carbons (Fsp3) is 0.500. The van der Waals surface area contributed by atoms with Gasteiger partial charge in [-0.2, -0.15) is 0 Å². The molecular weight excluding hydrogens is 715 g/mol. The van der Waals surface area contributed by atoms with Crippen molar-refractivity contribution in [1.82, 2.24) is 9.80 Å². The van der Waals surface area contributed by atoms with Crippen LogP contribution in [0.2, 0.25) is 0 Å². The summed E-state index contributed by atoms with van der Waals surface area (Å²) in [6, 6.07) is 12.3. The average molecular weight is 762 g/mol. The quantitative estimate of drug-likeness (QED) is 0.116. The Bertz CT molecular complexity index is 860. The first-order valence-electron chi connectivity index (χ1n) is 12.9. The van der Waals surface area contributed by atoms with E-state index in [0.29, 0.717) is 50.8 Å². The van der Waals surface area contributed by atoms with Gasteiger partial charge in [-0.3, -0.25) is 0 Å². The van der Waals surface area contributed by atoms with Crippen LogP contribution in [0.3, 0.4) is 0 Å². The number of rotatable bonds is 16. The third-order valence-electron chi connectivity index (χ3n) is 5.09. The predicted molar refractivity (Wildman–Crippen MR) is 153 cm³/mol. The Kier molecular flexibility index (Phi) is 47.2. The summed E-state index contributed by atoms with van der Waals surface area (Å²) in [7, 11) is 2.96. The van der Waals surface area contributed by atoms with Gasteiger partial charge < -0.3 is 80.7 Å². The number of methoxy groups -OCH3 is 2. The van der Waals surface area contributed by atoms with Crippen molar-refractivity contribution in [1.29, 1.82) is 0 Å².